The summed E-state index contributed by atoms with van der Waals surface area (Å²) >= 11 is 0. The minimum absolute atomic E-state index is 0.116. The van der Waals surface area contributed by atoms with Gasteiger partial charge in [-0.3, -0.25) is 0 Å². The van der Waals surface area contributed by atoms with E-state index in [0.29, 0.717) is 29.8 Å². The molecule has 2 aromatic rings. The molecule has 2 aromatic carbocycles. The van der Waals surface area contributed by atoms with Crippen LogP contribution in [-0.4, -0.2) is 44.5 Å². The molecule has 1 N–H and O–H groups in total. The third kappa shape index (κ3) is 4.03. The summed E-state index contributed by atoms with van der Waals surface area (Å²) in [7, 11) is 3.33. The molecule has 2 unspecified atom stereocenters. The Kier molecular flexibility index (Phi) is 5.90. The predicted octanol–water partition coefficient (Wildman–Crippen LogP) is 3.62. The molecule has 6 nitrogen and oxygen atoms in total. The summed E-state index contributed by atoms with van der Waals surface area (Å²) in [4.78, 5) is 2.48. The number of piperidine rings is 1. The van der Waals surface area contributed by atoms with Gasteiger partial charge < -0.3 is 24.5 Å². The number of ether oxygens (including phenoxy) is 3. The Balaban J connectivity index is 1.59. The number of hydrogen-bond donors (Lipinski definition) is 1. The number of hydrazone groups is 1. The van der Waals surface area contributed by atoms with Crippen LogP contribution in [0.3, 0.4) is 0 Å². The zero-order valence-electron chi connectivity index (χ0n) is 17.4. The van der Waals surface area contributed by atoms with Crippen molar-refractivity contribution in [2.45, 2.75) is 26.0 Å². The molecule has 0 aromatic heterocycles. The largest absolute Gasteiger partial charge is 0.493 e. The smallest absolute Gasteiger partial charge is 0.203 e. The Bertz CT molecular complexity index is 844. The van der Waals surface area contributed by atoms with Gasteiger partial charge in [0.25, 0.3) is 0 Å². The van der Waals surface area contributed by atoms with Gasteiger partial charge in [0.2, 0.25) is 5.75 Å². The highest BCUT2D eigenvalue weighted by atomic mass is 16.5. The van der Waals surface area contributed by atoms with Gasteiger partial charge >= 0.3 is 0 Å². The maximum absolute atomic E-state index is 6.09. The number of benzene rings is 2. The zero-order chi connectivity index (χ0) is 20.2. The van der Waals surface area contributed by atoms with E-state index < -0.39 is 0 Å². The van der Waals surface area contributed by atoms with Crippen molar-refractivity contribution in [1.82, 2.24) is 10.3 Å². The monoisotopic (exact) mass is 395 g/mol. The average molecular weight is 396 g/mol. The summed E-state index contributed by atoms with van der Waals surface area (Å²) in [6.45, 7) is 5.83. The lowest BCUT2D eigenvalue weighted by atomic mass is 9.86. The van der Waals surface area contributed by atoms with Crippen molar-refractivity contribution in [3.05, 3.63) is 53.6 Å². The average Bonchev–Trinajstić information content (AvgIpc) is 3.20. The third-order valence-corrected chi connectivity index (χ3v) is 5.83. The first-order chi connectivity index (χ1) is 14.2. The minimum atomic E-state index is 0.116. The highest BCUT2D eigenvalue weighted by molar-refractivity contribution is 5.90. The Hall–Kier alpha value is -2.73. The fourth-order valence-electron chi connectivity index (χ4n) is 4.16. The van der Waals surface area contributed by atoms with Crippen LogP contribution in [0.1, 0.15) is 30.5 Å². The van der Waals surface area contributed by atoms with E-state index in [-0.39, 0.29) is 6.04 Å². The van der Waals surface area contributed by atoms with Crippen LogP contribution >= 0.6 is 0 Å². The summed E-state index contributed by atoms with van der Waals surface area (Å²) in [5.74, 6) is 2.34. The van der Waals surface area contributed by atoms with Gasteiger partial charge in [-0.25, -0.2) is 0 Å². The fourth-order valence-corrected chi connectivity index (χ4v) is 4.16. The fraction of sp³-hybridized carbons (Fsp3) is 0.435. The van der Waals surface area contributed by atoms with E-state index in [9.17, 15) is 0 Å². The summed E-state index contributed by atoms with van der Waals surface area (Å²) in [5.41, 5.74) is 6.81. The molecule has 0 spiro atoms. The number of nitrogens with one attached hydrogen (secondary N) is 1. The van der Waals surface area contributed by atoms with E-state index in [2.05, 4.69) is 22.4 Å². The van der Waals surface area contributed by atoms with Crippen LogP contribution in [0, 0.1) is 5.92 Å². The molecule has 2 aliphatic rings. The second-order valence-corrected chi connectivity index (χ2v) is 7.49. The van der Waals surface area contributed by atoms with E-state index in [1.54, 1.807) is 14.2 Å². The number of methoxy groups -OCH3 is 2. The van der Waals surface area contributed by atoms with Gasteiger partial charge in [-0.05, 0) is 29.8 Å². The van der Waals surface area contributed by atoms with E-state index in [1.165, 1.54) is 5.71 Å². The molecule has 0 radical (unpaired) electrons. The molecule has 0 saturated carbocycles. The number of fused-ring (bicyclic) bond motifs is 1. The number of likely N-dealkylation sites (tertiary alicyclic amines) is 1. The van der Waals surface area contributed by atoms with Crippen LogP contribution in [0.4, 0.5) is 0 Å². The summed E-state index contributed by atoms with van der Waals surface area (Å²) in [6, 6.07) is 14.3. The van der Waals surface area contributed by atoms with Crippen molar-refractivity contribution < 1.29 is 14.2 Å². The van der Waals surface area contributed by atoms with Crippen LogP contribution in [0.2, 0.25) is 0 Å². The van der Waals surface area contributed by atoms with Crippen LogP contribution in [0.25, 0.3) is 0 Å². The molecule has 0 amide bonds. The van der Waals surface area contributed by atoms with Gasteiger partial charge in [0.1, 0.15) is 6.61 Å². The molecular formula is C23H29N3O3. The number of rotatable bonds is 7. The molecule has 2 atom stereocenters. The molecule has 29 heavy (non-hydrogen) atoms. The molecular weight excluding hydrogens is 366 g/mol. The molecule has 6 heteroatoms. The quantitative estimate of drug-likeness (QED) is 0.776. The second kappa shape index (κ2) is 8.74. The lowest BCUT2D eigenvalue weighted by molar-refractivity contribution is 0.237. The minimum Gasteiger partial charge on any atom is -0.493 e. The van der Waals surface area contributed by atoms with Gasteiger partial charge in [0.15, 0.2) is 11.5 Å². The maximum atomic E-state index is 6.09. The van der Waals surface area contributed by atoms with Crippen molar-refractivity contribution in [2.24, 2.45) is 11.0 Å². The first-order valence-corrected chi connectivity index (χ1v) is 10.2. The maximum Gasteiger partial charge on any atom is 0.203 e. The Morgan fingerprint density at radius 2 is 1.83 bits per heavy atom. The van der Waals surface area contributed by atoms with Gasteiger partial charge in [-0.15, -0.1) is 0 Å². The lowest BCUT2D eigenvalue weighted by Crippen LogP contribution is -2.41. The molecule has 154 valence electrons. The predicted molar refractivity (Wildman–Crippen MR) is 114 cm³/mol. The Labute approximate surface area is 172 Å². The first-order valence-electron chi connectivity index (χ1n) is 10.2. The van der Waals surface area contributed by atoms with Crippen molar-refractivity contribution in [2.75, 3.05) is 33.9 Å². The summed E-state index contributed by atoms with van der Waals surface area (Å²) in [5, 5.41) is 4.62. The van der Waals surface area contributed by atoms with E-state index in [0.717, 1.165) is 37.2 Å². The van der Waals surface area contributed by atoms with Gasteiger partial charge in [0.05, 0.1) is 20.3 Å². The molecule has 2 heterocycles. The zero-order valence-corrected chi connectivity index (χ0v) is 17.4. The topological polar surface area (TPSA) is 55.3 Å². The molecule has 4 rings (SSSR count). The molecule has 1 fully saturated rings. The highest BCUT2D eigenvalue weighted by Gasteiger charge is 2.37. The van der Waals surface area contributed by atoms with Gasteiger partial charge in [-0.1, -0.05) is 37.3 Å². The Morgan fingerprint density at radius 3 is 2.48 bits per heavy atom. The first kappa shape index (κ1) is 19.6. The Morgan fingerprint density at radius 1 is 1.10 bits per heavy atom. The molecule has 0 bridgehead atoms. The van der Waals surface area contributed by atoms with Crippen molar-refractivity contribution in [1.29, 1.82) is 0 Å². The van der Waals surface area contributed by atoms with Crippen molar-refractivity contribution >= 4 is 5.71 Å². The van der Waals surface area contributed by atoms with E-state index >= 15 is 0 Å². The van der Waals surface area contributed by atoms with Crippen LogP contribution < -0.4 is 19.6 Å². The second-order valence-electron chi connectivity index (χ2n) is 7.49. The van der Waals surface area contributed by atoms with Crippen LogP contribution in [-0.2, 0) is 6.61 Å². The van der Waals surface area contributed by atoms with E-state index in [4.69, 9.17) is 14.2 Å². The van der Waals surface area contributed by atoms with Crippen molar-refractivity contribution in [3.63, 3.8) is 0 Å². The van der Waals surface area contributed by atoms with Gasteiger partial charge in [0, 0.05) is 31.1 Å². The number of hydrogen-bond acceptors (Lipinski definition) is 6. The third-order valence-electron chi connectivity index (χ3n) is 5.83. The van der Waals surface area contributed by atoms with Crippen LogP contribution in [0.5, 0.6) is 17.2 Å². The SMILES string of the molecule is CCN1CCC2=NNC(c3cc(OC)c(OCc4ccccc4)c(OC)c3)C2C1. The number of nitrogens with zero attached hydrogens (tertiary/aromatic N) is 2. The van der Waals surface area contributed by atoms with Crippen molar-refractivity contribution in [3.8, 4) is 17.2 Å². The lowest BCUT2D eigenvalue weighted by Gasteiger charge is -2.33. The standard InChI is InChI=1S/C23H29N3O3/c1-4-26-11-10-19-18(14-26)22(25-24-19)17-12-20(27-2)23(21(13-17)28-3)29-15-16-8-6-5-7-9-16/h5-9,12-13,18,22,25H,4,10-11,14-15H2,1-3H3. The highest BCUT2D eigenvalue weighted by Crippen LogP contribution is 2.43. The molecule has 0 aliphatic carbocycles. The van der Waals surface area contributed by atoms with Gasteiger partial charge in [-0.2, -0.15) is 5.10 Å². The summed E-state index contributed by atoms with van der Waals surface area (Å²) in [6.07, 6.45) is 1.02. The normalized spacial score (nSPS) is 21.1. The van der Waals surface area contributed by atoms with Crippen LogP contribution in [0.15, 0.2) is 47.6 Å². The summed E-state index contributed by atoms with van der Waals surface area (Å²) < 4.78 is 17.4. The molecule has 2 aliphatic heterocycles. The molecule has 1 saturated heterocycles. The van der Waals surface area contributed by atoms with E-state index in [1.807, 2.05) is 42.5 Å².